The largest absolute Gasteiger partial charge is 0.533 e. The zero-order valence-electron chi connectivity index (χ0n) is 10.5. The summed E-state index contributed by atoms with van der Waals surface area (Å²) in [5.41, 5.74) is 5.33. The number of hydrogen-bond acceptors (Lipinski definition) is 6. The minimum atomic E-state index is -1.04. The number of hydroxylamine groups is 2. The molecule has 0 rings (SSSR count). The lowest BCUT2D eigenvalue weighted by Crippen LogP contribution is -2.33. The van der Waals surface area contributed by atoms with Gasteiger partial charge in [0, 0.05) is 0 Å². The van der Waals surface area contributed by atoms with Gasteiger partial charge in [0.2, 0.25) is 0 Å². The normalized spacial score (nSPS) is 11.5. The Bertz CT molecular complexity index is 308. The highest BCUT2D eigenvalue weighted by atomic mass is 16.8. The number of nitrogens with two attached hydrogens (primary N) is 1. The minimum Gasteiger partial charge on any atom is -0.480 e. The number of carboxylic acids is 1. The number of amidine groups is 1. The van der Waals surface area contributed by atoms with Crippen molar-refractivity contribution in [3.63, 3.8) is 0 Å². The number of hydrogen-bond donors (Lipinski definition) is 3. The maximum Gasteiger partial charge on any atom is 0.533 e. The van der Waals surface area contributed by atoms with Crippen LogP contribution in [0, 0.1) is 5.41 Å². The van der Waals surface area contributed by atoms with E-state index in [-0.39, 0.29) is 12.4 Å². The van der Waals surface area contributed by atoms with Crippen molar-refractivity contribution in [1.82, 2.24) is 5.06 Å². The number of ether oxygens (including phenoxy) is 1. The second-order valence-electron chi connectivity index (χ2n) is 3.67. The zero-order valence-corrected chi connectivity index (χ0v) is 10.5. The van der Waals surface area contributed by atoms with Crippen LogP contribution in [0.5, 0.6) is 0 Å². The van der Waals surface area contributed by atoms with Gasteiger partial charge in [0.15, 0.2) is 0 Å². The van der Waals surface area contributed by atoms with E-state index in [1.807, 2.05) is 0 Å². The predicted molar refractivity (Wildman–Crippen MR) is 63.1 cm³/mol. The van der Waals surface area contributed by atoms with Gasteiger partial charge in [-0.1, -0.05) is 0 Å². The maximum atomic E-state index is 10.9. The third kappa shape index (κ3) is 6.69. The van der Waals surface area contributed by atoms with Gasteiger partial charge in [0.05, 0.1) is 13.7 Å². The van der Waals surface area contributed by atoms with Gasteiger partial charge in [-0.25, -0.2) is 4.79 Å². The third-order valence-corrected chi connectivity index (χ3v) is 2.17. The molecule has 0 aliphatic heterocycles. The average molecular weight is 261 g/mol. The van der Waals surface area contributed by atoms with Gasteiger partial charge in [-0.3, -0.25) is 10.2 Å². The number of nitrogens with zero attached hydrogens (tertiary/aromatic N) is 1. The molecule has 0 saturated carbocycles. The molecule has 0 aliphatic carbocycles. The molecule has 0 spiro atoms. The molecule has 0 radical (unpaired) electrons. The Hall–Kier alpha value is -1.83. The number of nitrogens with one attached hydrogen (secondary N) is 1. The molecule has 1 atom stereocenters. The summed E-state index contributed by atoms with van der Waals surface area (Å²) < 4.78 is 4.31. The van der Waals surface area contributed by atoms with Gasteiger partial charge in [0.1, 0.15) is 11.9 Å². The molecule has 4 N–H and O–H groups in total. The highest BCUT2D eigenvalue weighted by Crippen LogP contribution is 2.03. The van der Waals surface area contributed by atoms with Crippen LogP contribution in [-0.2, 0) is 14.4 Å². The van der Waals surface area contributed by atoms with Crippen molar-refractivity contribution in [2.75, 3.05) is 13.7 Å². The Kier molecular flexibility index (Phi) is 7.45. The summed E-state index contributed by atoms with van der Waals surface area (Å²) in [6.45, 7) is 1.75. The molecular weight excluding hydrogens is 242 g/mol. The van der Waals surface area contributed by atoms with E-state index in [9.17, 15) is 9.59 Å². The zero-order chi connectivity index (χ0) is 14.1. The van der Waals surface area contributed by atoms with E-state index >= 15 is 0 Å². The van der Waals surface area contributed by atoms with Crippen molar-refractivity contribution in [2.24, 2.45) is 5.73 Å². The van der Waals surface area contributed by atoms with Crippen LogP contribution < -0.4 is 5.73 Å². The Labute approximate surface area is 105 Å². The summed E-state index contributed by atoms with van der Waals surface area (Å²) in [5.74, 6) is -0.983. The monoisotopic (exact) mass is 261 g/mol. The van der Waals surface area contributed by atoms with Crippen molar-refractivity contribution >= 4 is 18.0 Å². The SMILES string of the molecule is COC(=O)ON(CCCCC(N)C(=O)O)C(C)=N. The lowest BCUT2D eigenvalue weighted by Gasteiger charge is -2.20. The molecule has 0 fully saturated rings. The molecule has 0 saturated heterocycles. The first kappa shape index (κ1) is 16.2. The molecule has 8 heteroatoms. The Morgan fingerprint density at radius 3 is 2.50 bits per heavy atom. The van der Waals surface area contributed by atoms with Crippen LogP contribution in [-0.4, -0.2) is 47.8 Å². The van der Waals surface area contributed by atoms with Gasteiger partial charge in [-0.15, -0.1) is 0 Å². The van der Waals surface area contributed by atoms with Crippen molar-refractivity contribution in [3.8, 4) is 0 Å². The van der Waals surface area contributed by atoms with Crippen LogP contribution in [0.25, 0.3) is 0 Å². The minimum absolute atomic E-state index is 0.0583. The van der Waals surface area contributed by atoms with E-state index in [4.69, 9.17) is 21.1 Å². The van der Waals surface area contributed by atoms with Gasteiger partial charge in [-0.05, 0) is 26.2 Å². The lowest BCUT2D eigenvalue weighted by atomic mass is 10.1. The smallest absolute Gasteiger partial charge is 0.480 e. The van der Waals surface area contributed by atoms with E-state index in [1.165, 1.54) is 14.0 Å². The van der Waals surface area contributed by atoms with E-state index < -0.39 is 18.2 Å². The first-order valence-electron chi connectivity index (χ1n) is 5.45. The molecule has 0 aromatic rings. The van der Waals surface area contributed by atoms with Gasteiger partial charge in [-0.2, -0.15) is 5.06 Å². The summed E-state index contributed by atoms with van der Waals surface area (Å²) in [7, 11) is 1.17. The molecule has 0 aromatic carbocycles. The van der Waals surface area contributed by atoms with Crippen LogP contribution in [0.15, 0.2) is 0 Å². The van der Waals surface area contributed by atoms with Crippen LogP contribution in [0.1, 0.15) is 26.2 Å². The number of methoxy groups -OCH3 is 1. The number of carboxylic acid groups (broad SMARTS) is 1. The first-order valence-corrected chi connectivity index (χ1v) is 5.45. The summed E-state index contributed by atoms with van der Waals surface area (Å²) >= 11 is 0. The molecule has 104 valence electrons. The van der Waals surface area contributed by atoms with Crippen LogP contribution >= 0.6 is 0 Å². The molecule has 18 heavy (non-hydrogen) atoms. The predicted octanol–water partition coefficient (Wildman–Crippen LogP) is 0.566. The Morgan fingerprint density at radius 1 is 1.44 bits per heavy atom. The maximum absolute atomic E-state index is 10.9. The number of aliphatic carboxylic acids is 1. The van der Waals surface area contributed by atoms with Gasteiger partial charge >= 0.3 is 12.1 Å². The summed E-state index contributed by atoms with van der Waals surface area (Å²) in [4.78, 5) is 26.1. The average Bonchev–Trinajstić information content (AvgIpc) is 2.31. The fraction of sp³-hybridized carbons (Fsp3) is 0.700. The lowest BCUT2D eigenvalue weighted by molar-refractivity contribution is -0.138. The third-order valence-electron chi connectivity index (χ3n) is 2.17. The molecule has 0 aliphatic rings. The quantitative estimate of drug-likeness (QED) is 0.210. The van der Waals surface area contributed by atoms with Crippen LogP contribution in [0.2, 0.25) is 0 Å². The Morgan fingerprint density at radius 2 is 2.06 bits per heavy atom. The summed E-state index contributed by atoms with van der Waals surface area (Å²) in [6.07, 6.45) is 0.540. The van der Waals surface area contributed by atoms with Crippen LogP contribution in [0.4, 0.5) is 4.79 Å². The molecule has 8 nitrogen and oxygen atoms in total. The highest BCUT2D eigenvalue weighted by molar-refractivity contribution is 5.76. The fourth-order valence-electron chi connectivity index (χ4n) is 1.15. The number of carbonyl (C=O) groups is 2. The summed E-state index contributed by atoms with van der Waals surface area (Å²) in [5, 5.41) is 17.0. The van der Waals surface area contributed by atoms with Crippen molar-refractivity contribution in [3.05, 3.63) is 0 Å². The standard InChI is InChI=1S/C10H19N3O5/c1-7(11)13(18-10(16)17-2)6-4-3-5-8(12)9(14)15/h8,11H,3-6,12H2,1-2H3,(H,14,15). The number of unbranched alkanes of at least 4 members (excludes halogenated alkanes) is 1. The second kappa shape index (κ2) is 8.29. The van der Waals surface area contributed by atoms with Crippen LogP contribution in [0.3, 0.4) is 0 Å². The highest BCUT2D eigenvalue weighted by Gasteiger charge is 2.14. The van der Waals surface area contributed by atoms with E-state index in [1.54, 1.807) is 0 Å². The van der Waals surface area contributed by atoms with Crippen molar-refractivity contribution in [2.45, 2.75) is 32.2 Å². The fourth-order valence-corrected chi connectivity index (χ4v) is 1.15. The number of rotatable bonds is 6. The Balaban J connectivity index is 3.95. The molecule has 0 aromatic heterocycles. The van der Waals surface area contributed by atoms with Gasteiger partial charge < -0.3 is 20.4 Å². The van der Waals surface area contributed by atoms with Gasteiger partial charge in [0.25, 0.3) is 0 Å². The second-order valence-corrected chi connectivity index (χ2v) is 3.67. The van der Waals surface area contributed by atoms with Crippen molar-refractivity contribution < 1.29 is 24.3 Å². The molecule has 0 bridgehead atoms. The molecular formula is C10H19N3O5. The van der Waals surface area contributed by atoms with E-state index in [0.29, 0.717) is 19.3 Å². The summed E-state index contributed by atoms with van der Waals surface area (Å²) in [6, 6.07) is -0.888. The molecule has 0 heterocycles. The molecule has 0 amide bonds. The van der Waals surface area contributed by atoms with E-state index in [2.05, 4.69) is 4.74 Å². The number of carbonyl (C=O) groups excluding carboxylic acids is 1. The van der Waals surface area contributed by atoms with Crippen molar-refractivity contribution in [1.29, 1.82) is 5.41 Å². The van der Waals surface area contributed by atoms with E-state index in [0.717, 1.165) is 5.06 Å². The first-order chi connectivity index (χ1) is 8.38. The topological polar surface area (TPSA) is 126 Å². The molecule has 1 unspecified atom stereocenters.